The van der Waals surface area contributed by atoms with Gasteiger partial charge in [-0.15, -0.1) is 0 Å². The first-order chi connectivity index (χ1) is 30.2. The van der Waals surface area contributed by atoms with E-state index < -0.39 is 0 Å². The molecule has 3 fully saturated rings. The summed E-state index contributed by atoms with van der Waals surface area (Å²) >= 11 is 0. The molecular formula is C62H118. The molecule has 0 aromatic rings. The third-order valence-electron chi connectivity index (χ3n) is 17.7. The van der Waals surface area contributed by atoms with Crippen LogP contribution >= 0.6 is 0 Å². The Balaban J connectivity index is 0.000000706. The maximum absolute atomic E-state index is 2.83. The van der Waals surface area contributed by atoms with E-state index in [2.05, 4.69) is 92.7 Å². The number of unbranched alkanes of at least 4 members (excludes halogenated alkanes) is 13. The highest BCUT2D eigenvalue weighted by molar-refractivity contribution is 5.25. The van der Waals surface area contributed by atoms with E-state index in [0.717, 1.165) is 53.8 Å². The zero-order chi connectivity index (χ0) is 46.1. The lowest BCUT2D eigenvalue weighted by molar-refractivity contribution is -0.0529. The molecule has 0 bridgehead atoms. The largest absolute Gasteiger partial charge is 0.0882 e. The van der Waals surface area contributed by atoms with Crippen molar-refractivity contribution in [3.63, 3.8) is 0 Å². The van der Waals surface area contributed by atoms with Crippen LogP contribution in [0, 0.1) is 58.2 Å². The Morgan fingerprint density at radius 3 is 1.82 bits per heavy atom. The third-order valence-corrected chi connectivity index (χ3v) is 17.7. The van der Waals surface area contributed by atoms with E-state index in [1.165, 1.54) is 205 Å². The average Bonchev–Trinajstić information content (AvgIpc) is 3.66. The third kappa shape index (κ3) is 20.8. The van der Waals surface area contributed by atoms with Gasteiger partial charge in [0.05, 0.1) is 0 Å². The van der Waals surface area contributed by atoms with E-state index in [-0.39, 0.29) is 0 Å². The molecule has 0 nitrogen and oxygen atoms in total. The van der Waals surface area contributed by atoms with Crippen molar-refractivity contribution in [2.75, 3.05) is 0 Å². The van der Waals surface area contributed by atoms with E-state index in [0.29, 0.717) is 10.8 Å². The second-order valence-corrected chi connectivity index (χ2v) is 21.8. The lowest BCUT2D eigenvalue weighted by atomic mass is 9.46. The van der Waals surface area contributed by atoms with Gasteiger partial charge in [0.25, 0.3) is 0 Å². The van der Waals surface area contributed by atoms with Crippen molar-refractivity contribution in [1.29, 1.82) is 0 Å². The van der Waals surface area contributed by atoms with E-state index in [1.54, 1.807) is 0 Å². The monoisotopic (exact) mass is 863 g/mol. The summed E-state index contributed by atoms with van der Waals surface area (Å²) in [5.41, 5.74) is 3.09. The first-order valence-corrected chi connectivity index (χ1v) is 29.2. The summed E-state index contributed by atoms with van der Waals surface area (Å²) in [5.74, 6) is 7.79. The number of rotatable bonds is 29. The maximum Gasteiger partial charge on any atom is -0.00851 e. The Bertz CT molecular complexity index is 1100. The first-order valence-electron chi connectivity index (χ1n) is 29.2. The molecule has 0 aliphatic heterocycles. The highest BCUT2D eigenvalue weighted by atomic mass is 14.6. The summed E-state index contributed by atoms with van der Waals surface area (Å²) in [4.78, 5) is 0. The fourth-order valence-electron chi connectivity index (χ4n) is 13.3. The second-order valence-electron chi connectivity index (χ2n) is 21.8. The minimum Gasteiger partial charge on any atom is -0.0882 e. The Labute approximate surface area is 394 Å². The topological polar surface area (TPSA) is 0 Å². The van der Waals surface area contributed by atoms with Crippen LogP contribution in [-0.4, -0.2) is 0 Å². The minimum atomic E-state index is 0.538. The van der Waals surface area contributed by atoms with Crippen molar-refractivity contribution in [2.45, 2.75) is 302 Å². The van der Waals surface area contributed by atoms with Crippen LogP contribution in [0.3, 0.4) is 0 Å². The zero-order valence-electron chi connectivity index (χ0n) is 45.3. The molecule has 0 N–H and O–H groups in total. The van der Waals surface area contributed by atoms with Crippen LogP contribution in [-0.2, 0) is 0 Å². The van der Waals surface area contributed by atoms with E-state index in [1.807, 2.05) is 33.3 Å². The zero-order valence-corrected chi connectivity index (χ0v) is 45.3. The fraction of sp³-hybridized carbons (Fsp3) is 0.903. The van der Waals surface area contributed by atoms with Crippen LogP contribution < -0.4 is 0 Å². The molecule has 0 aromatic heterocycles. The lowest BCUT2D eigenvalue weighted by Crippen LogP contribution is -2.50. The van der Waals surface area contributed by atoms with Crippen LogP contribution in [0.25, 0.3) is 0 Å². The van der Waals surface area contributed by atoms with E-state index >= 15 is 0 Å². The molecule has 62 heavy (non-hydrogen) atoms. The smallest absolute Gasteiger partial charge is 0.00851 e. The van der Waals surface area contributed by atoms with Crippen molar-refractivity contribution in [3.8, 4) is 0 Å². The molecule has 9 unspecified atom stereocenters. The molecule has 366 valence electrons. The van der Waals surface area contributed by atoms with Crippen LogP contribution in [0.4, 0.5) is 0 Å². The molecule has 0 radical (unpaired) electrons. The predicted octanol–water partition coefficient (Wildman–Crippen LogP) is 22.1. The summed E-state index contributed by atoms with van der Waals surface area (Å²) in [6.07, 6.45) is 59.2. The molecule has 4 aliphatic carbocycles. The van der Waals surface area contributed by atoms with Gasteiger partial charge in [0.2, 0.25) is 0 Å². The van der Waals surface area contributed by atoms with Crippen LogP contribution in [0.1, 0.15) is 302 Å². The molecule has 0 heterocycles. The van der Waals surface area contributed by atoms with Crippen LogP contribution in [0.5, 0.6) is 0 Å². The molecular weight excluding hydrogens is 745 g/mol. The molecule has 0 aromatic carbocycles. The number of fused-ring (bicyclic) bond motifs is 5. The quantitative estimate of drug-likeness (QED) is 0.0519. The van der Waals surface area contributed by atoms with Crippen molar-refractivity contribution in [2.24, 2.45) is 58.2 Å². The summed E-state index contributed by atoms with van der Waals surface area (Å²) < 4.78 is 0. The fourth-order valence-corrected chi connectivity index (χ4v) is 13.3. The molecule has 3 saturated carbocycles. The van der Waals surface area contributed by atoms with E-state index in [4.69, 9.17) is 0 Å². The normalized spacial score (nSPS) is 27.5. The van der Waals surface area contributed by atoms with E-state index in [9.17, 15) is 0 Å². The van der Waals surface area contributed by atoms with Crippen molar-refractivity contribution >= 4 is 0 Å². The van der Waals surface area contributed by atoms with Gasteiger partial charge < -0.3 is 0 Å². The lowest BCUT2D eigenvalue weighted by Gasteiger charge is -2.58. The standard InChI is InChI=1S/C39H70.C19H36.2C2H6/c1-8-29(4)16-15-17-30(5)35-22-23-36-34-21-20-33-28-32(19-14-12-11-13-18-31(9-2)10-3)24-26-38(33,6)37(34)25-27-39(35,36)7;1-3-5-7-9-11-13-15-17-19-18-16-14-12-10-8-6-4-2;2*1-2/h20,29-32,34-37H,8-19,21-28H2,1-7H3;11,13,17,19H,3-10,12,14-16,18H2,1-2H3;2*1-2H3/b;13-11-,19-17-;;. The van der Waals surface area contributed by atoms with Crippen LogP contribution in [0.15, 0.2) is 36.0 Å². The highest BCUT2D eigenvalue weighted by Gasteiger charge is 2.59. The number of hydrogen-bond donors (Lipinski definition) is 0. The van der Waals surface area contributed by atoms with Gasteiger partial charge in [-0.1, -0.05) is 254 Å². The average molecular weight is 864 g/mol. The summed E-state index contributed by atoms with van der Waals surface area (Å²) in [6, 6.07) is 0. The van der Waals surface area contributed by atoms with Crippen molar-refractivity contribution in [1.82, 2.24) is 0 Å². The number of allylic oxidation sites excluding steroid dienone is 6. The second kappa shape index (κ2) is 36.4. The Morgan fingerprint density at radius 2 is 1.18 bits per heavy atom. The molecule has 4 aliphatic rings. The van der Waals surface area contributed by atoms with Gasteiger partial charge in [-0.25, -0.2) is 0 Å². The molecule has 0 heteroatoms. The molecule has 0 saturated heterocycles. The van der Waals surface area contributed by atoms with Crippen molar-refractivity contribution < 1.29 is 0 Å². The van der Waals surface area contributed by atoms with Gasteiger partial charge in [0, 0.05) is 0 Å². The summed E-state index contributed by atoms with van der Waals surface area (Å²) in [7, 11) is 0. The first kappa shape index (κ1) is 59.2. The van der Waals surface area contributed by atoms with Crippen molar-refractivity contribution in [3.05, 3.63) is 36.0 Å². The Kier molecular flexibility index (Phi) is 34.7. The Morgan fingerprint density at radius 1 is 0.581 bits per heavy atom. The minimum absolute atomic E-state index is 0.538. The summed E-state index contributed by atoms with van der Waals surface area (Å²) in [6.45, 7) is 30.2. The van der Waals surface area contributed by atoms with Gasteiger partial charge >= 0.3 is 0 Å². The maximum atomic E-state index is 2.83. The molecule has 9 atom stereocenters. The van der Waals surface area contributed by atoms with Gasteiger partial charge in [-0.2, -0.15) is 0 Å². The highest BCUT2D eigenvalue weighted by Crippen LogP contribution is 2.67. The van der Waals surface area contributed by atoms with Gasteiger partial charge in [-0.3, -0.25) is 0 Å². The Hall–Kier alpha value is -0.780. The molecule has 0 amide bonds. The van der Waals surface area contributed by atoms with Gasteiger partial charge in [-0.05, 0) is 142 Å². The predicted molar refractivity (Wildman–Crippen MR) is 285 cm³/mol. The SMILES string of the molecule is CC.CC.CCC(C)CCCC(C)C1CCC2C3CC=C4CC(CCCCCCC(CC)CC)CCC4(C)C3CCC12C.CCCCC/C=C\C/C=C\CCCCCCCCC. The molecule has 4 rings (SSSR count). The summed E-state index contributed by atoms with van der Waals surface area (Å²) in [5, 5.41) is 0. The van der Waals surface area contributed by atoms with Gasteiger partial charge in [0.1, 0.15) is 0 Å². The molecule has 0 spiro atoms. The number of hydrogen-bond acceptors (Lipinski definition) is 0. The van der Waals surface area contributed by atoms with Crippen LogP contribution in [0.2, 0.25) is 0 Å². The van der Waals surface area contributed by atoms with Gasteiger partial charge in [0.15, 0.2) is 0 Å².